The number of rotatable bonds is 6. The van der Waals surface area contributed by atoms with E-state index in [-0.39, 0.29) is 17.9 Å². The quantitative estimate of drug-likeness (QED) is 0.877. The molecule has 0 radical (unpaired) electrons. The van der Waals surface area contributed by atoms with E-state index >= 15 is 0 Å². The second-order valence-electron chi connectivity index (χ2n) is 5.24. The lowest BCUT2D eigenvalue weighted by atomic mass is 9.97. The van der Waals surface area contributed by atoms with Gasteiger partial charge in [0, 0.05) is 31.4 Å². The summed E-state index contributed by atoms with van der Waals surface area (Å²) in [7, 11) is 0. The molecule has 0 saturated heterocycles. The lowest BCUT2D eigenvalue weighted by Gasteiger charge is -2.17. The highest BCUT2D eigenvalue weighted by molar-refractivity contribution is 5.77. The zero-order valence-electron chi connectivity index (χ0n) is 12.0. The van der Waals surface area contributed by atoms with Crippen LogP contribution in [0.25, 0.3) is 0 Å². The second kappa shape index (κ2) is 6.89. The van der Waals surface area contributed by atoms with Crippen molar-refractivity contribution >= 4 is 5.91 Å². The van der Waals surface area contributed by atoms with Crippen LogP contribution in [-0.4, -0.2) is 21.5 Å². The maximum absolute atomic E-state index is 12.0. The lowest BCUT2D eigenvalue weighted by Crippen LogP contribution is -2.35. The minimum atomic E-state index is 0.0916. The van der Waals surface area contributed by atoms with Crippen LogP contribution in [0.4, 0.5) is 0 Å². The van der Waals surface area contributed by atoms with E-state index in [1.165, 1.54) is 5.56 Å². The Morgan fingerprint density at radius 3 is 2.70 bits per heavy atom. The predicted octanol–water partition coefficient (Wildman–Crippen LogP) is 2.58. The molecule has 106 valence electrons. The highest BCUT2D eigenvalue weighted by Crippen LogP contribution is 2.18. The Morgan fingerprint density at radius 2 is 2.05 bits per heavy atom. The Hall–Kier alpha value is -2.10. The summed E-state index contributed by atoms with van der Waals surface area (Å²) in [6.07, 6.45) is 5.91. The first kappa shape index (κ1) is 14.3. The largest absolute Gasteiger partial charge is 0.352 e. The number of hydrogen-bond donors (Lipinski definition) is 1. The van der Waals surface area contributed by atoms with E-state index in [4.69, 9.17) is 0 Å². The van der Waals surface area contributed by atoms with Crippen LogP contribution in [0.15, 0.2) is 49.1 Å². The van der Waals surface area contributed by atoms with Crippen molar-refractivity contribution in [3.8, 4) is 0 Å². The number of amides is 1. The van der Waals surface area contributed by atoms with Crippen molar-refractivity contribution in [2.24, 2.45) is 0 Å². The number of hydrogen-bond acceptors (Lipinski definition) is 2. The lowest BCUT2D eigenvalue weighted by molar-refractivity contribution is -0.122. The van der Waals surface area contributed by atoms with Crippen LogP contribution >= 0.6 is 0 Å². The molecule has 2 rings (SSSR count). The molecule has 0 aliphatic heterocycles. The molecular formula is C16H21N3O. The van der Waals surface area contributed by atoms with E-state index in [1.54, 1.807) is 12.5 Å². The van der Waals surface area contributed by atoms with Crippen LogP contribution < -0.4 is 5.32 Å². The van der Waals surface area contributed by atoms with E-state index in [2.05, 4.69) is 29.4 Å². The van der Waals surface area contributed by atoms with Crippen molar-refractivity contribution in [2.45, 2.75) is 38.8 Å². The Bertz CT molecular complexity index is 522. The molecule has 1 N–H and O–H groups in total. The topological polar surface area (TPSA) is 46.9 Å². The third kappa shape index (κ3) is 4.23. The molecule has 1 heterocycles. The Balaban J connectivity index is 1.80. The fraction of sp³-hybridized carbons (Fsp3) is 0.375. The van der Waals surface area contributed by atoms with Crippen LogP contribution in [0.3, 0.4) is 0 Å². The minimum Gasteiger partial charge on any atom is -0.352 e. The number of carbonyl (C=O) groups is 1. The molecule has 1 aromatic carbocycles. The number of aromatic nitrogens is 2. The maximum atomic E-state index is 12.0. The summed E-state index contributed by atoms with van der Waals surface area (Å²) in [6.45, 7) is 4.83. The normalized spacial score (nSPS) is 13.7. The molecule has 0 aliphatic rings. The third-order valence-corrected chi connectivity index (χ3v) is 3.31. The van der Waals surface area contributed by atoms with Crippen molar-refractivity contribution in [3.63, 3.8) is 0 Å². The maximum Gasteiger partial charge on any atom is 0.220 e. The molecule has 0 spiro atoms. The van der Waals surface area contributed by atoms with E-state index < -0.39 is 0 Å². The fourth-order valence-corrected chi connectivity index (χ4v) is 2.27. The molecule has 0 aliphatic carbocycles. The number of benzene rings is 1. The standard InChI is InChI=1S/C16H21N3O/c1-13(15-6-4-3-5-7-15)10-16(20)18-14(2)11-19-9-8-17-12-19/h3-9,12-14H,10-11H2,1-2H3,(H,18,20)/t13-,14+/m1/s1. The molecule has 1 aromatic heterocycles. The molecule has 2 atom stereocenters. The Kier molecular flexibility index (Phi) is 4.93. The van der Waals surface area contributed by atoms with E-state index in [0.29, 0.717) is 6.42 Å². The molecule has 1 amide bonds. The molecule has 0 unspecified atom stereocenters. The van der Waals surface area contributed by atoms with Gasteiger partial charge >= 0.3 is 0 Å². The molecule has 4 nitrogen and oxygen atoms in total. The van der Waals surface area contributed by atoms with Gasteiger partial charge in [-0.25, -0.2) is 4.98 Å². The van der Waals surface area contributed by atoms with Gasteiger partial charge in [-0.1, -0.05) is 37.3 Å². The van der Waals surface area contributed by atoms with Crippen molar-refractivity contribution in [1.29, 1.82) is 0 Å². The number of nitrogens with one attached hydrogen (secondary N) is 1. The number of imidazole rings is 1. The van der Waals surface area contributed by atoms with Gasteiger partial charge < -0.3 is 9.88 Å². The van der Waals surface area contributed by atoms with Gasteiger partial charge in [0.1, 0.15) is 0 Å². The van der Waals surface area contributed by atoms with E-state index in [1.807, 2.05) is 35.9 Å². The van der Waals surface area contributed by atoms with Crippen molar-refractivity contribution < 1.29 is 4.79 Å². The van der Waals surface area contributed by atoms with Crippen molar-refractivity contribution in [2.75, 3.05) is 0 Å². The second-order valence-corrected chi connectivity index (χ2v) is 5.24. The van der Waals surface area contributed by atoms with Crippen molar-refractivity contribution in [3.05, 3.63) is 54.6 Å². The monoisotopic (exact) mass is 271 g/mol. The molecule has 0 bridgehead atoms. The highest BCUT2D eigenvalue weighted by Gasteiger charge is 2.13. The van der Waals surface area contributed by atoms with Crippen LogP contribution in [0.5, 0.6) is 0 Å². The van der Waals surface area contributed by atoms with Crippen LogP contribution in [0, 0.1) is 0 Å². The van der Waals surface area contributed by atoms with Gasteiger partial charge in [-0.05, 0) is 18.4 Å². The summed E-state index contributed by atoms with van der Waals surface area (Å²) in [5, 5.41) is 3.03. The summed E-state index contributed by atoms with van der Waals surface area (Å²) in [5.41, 5.74) is 1.20. The molecule has 4 heteroatoms. The highest BCUT2D eigenvalue weighted by atomic mass is 16.1. The Morgan fingerprint density at radius 1 is 1.30 bits per heavy atom. The summed E-state index contributed by atoms with van der Waals surface area (Å²) in [5.74, 6) is 0.325. The van der Waals surface area contributed by atoms with Gasteiger partial charge in [-0.2, -0.15) is 0 Å². The molecule has 2 aromatic rings. The van der Waals surface area contributed by atoms with Crippen LogP contribution in [0.2, 0.25) is 0 Å². The molecule has 0 saturated carbocycles. The number of carbonyl (C=O) groups excluding carboxylic acids is 1. The van der Waals surface area contributed by atoms with Gasteiger partial charge in [-0.15, -0.1) is 0 Å². The van der Waals surface area contributed by atoms with Gasteiger partial charge in [0.05, 0.1) is 6.33 Å². The summed E-state index contributed by atoms with van der Waals surface area (Å²) in [6, 6.07) is 10.2. The first-order chi connectivity index (χ1) is 9.65. The number of nitrogens with zero attached hydrogens (tertiary/aromatic N) is 2. The molecule has 20 heavy (non-hydrogen) atoms. The minimum absolute atomic E-state index is 0.0916. The first-order valence-electron chi connectivity index (χ1n) is 6.95. The van der Waals surface area contributed by atoms with E-state index in [0.717, 1.165) is 6.54 Å². The van der Waals surface area contributed by atoms with Gasteiger partial charge in [0.15, 0.2) is 0 Å². The summed E-state index contributed by atoms with van der Waals surface area (Å²) in [4.78, 5) is 16.0. The SMILES string of the molecule is C[C@H](CC(=O)N[C@@H](C)Cn1ccnc1)c1ccccc1. The van der Waals surface area contributed by atoms with Crippen molar-refractivity contribution in [1.82, 2.24) is 14.9 Å². The van der Waals surface area contributed by atoms with Gasteiger partial charge in [0.2, 0.25) is 5.91 Å². The predicted molar refractivity (Wildman–Crippen MR) is 79.3 cm³/mol. The average molecular weight is 271 g/mol. The third-order valence-electron chi connectivity index (χ3n) is 3.31. The molecule has 0 fully saturated rings. The zero-order valence-corrected chi connectivity index (χ0v) is 12.0. The van der Waals surface area contributed by atoms with Crippen LogP contribution in [-0.2, 0) is 11.3 Å². The average Bonchev–Trinajstić information content (AvgIpc) is 2.92. The first-order valence-corrected chi connectivity index (χ1v) is 6.95. The summed E-state index contributed by atoms with van der Waals surface area (Å²) >= 11 is 0. The van der Waals surface area contributed by atoms with E-state index in [9.17, 15) is 4.79 Å². The smallest absolute Gasteiger partial charge is 0.220 e. The van der Waals surface area contributed by atoms with Gasteiger partial charge in [-0.3, -0.25) is 4.79 Å². The molecular weight excluding hydrogens is 250 g/mol. The summed E-state index contributed by atoms with van der Waals surface area (Å²) < 4.78 is 1.96. The van der Waals surface area contributed by atoms with Crippen LogP contribution in [0.1, 0.15) is 31.7 Å². The van der Waals surface area contributed by atoms with Gasteiger partial charge in [0.25, 0.3) is 0 Å². The zero-order chi connectivity index (χ0) is 14.4. The fourth-order valence-electron chi connectivity index (χ4n) is 2.27. The Labute approximate surface area is 119 Å².